The maximum Gasteiger partial charge on any atom is 0.408 e. The van der Waals surface area contributed by atoms with Crippen molar-refractivity contribution in [2.45, 2.75) is 26.5 Å². The Kier molecular flexibility index (Phi) is 5.48. The molecule has 0 bridgehead atoms. The number of nitrogens with zero attached hydrogens (tertiary/aromatic N) is 1. The molecular formula is C15H17N3O3S. The fourth-order valence-corrected chi connectivity index (χ4v) is 2.30. The van der Waals surface area contributed by atoms with Gasteiger partial charge in [-0.3, -0.25) is 4.79 Å². The lowest BCUT2D eigenvalue weighted by molar-refractivity contribution is -0.117. The lowest BCUT2D eigenvalue weighted by Gasteiger charge is -2.13. The van der Waals surface area contributed by atoms with Crippen LogP contribution in [0, 0.1) is 6.92 Å². The summed E-state index contributed by atoms with van der Waals surface area (Å²) in [5.74, 6) is -0.342. The van der Waals surface area contributed by atoms with E-state index in [2.05, 4.69) is 15.6 Å². The number of carbonyl (C=O) groups excluding carboxylic acids is 2. The number of carbonyl (C=O) groups is 2. The molecule has 2 N–H and O–H groups in total. The van der Waals surface area contributed by atoms with Gasteiger partial charge in [0.2, 0.25) is 5.91 Å². The molecule has 0 aliphatic carbocycles. The Hall–Kier alpha value is -2.41. The lowest BCUT2D eigenvalue weighted by Crippen LogP contribution is -2.41. The fourth-order valence-electron chi connectivity index (χ4n) is 1.63. The second-order valence-corrected chi connectivity index (χ2v) is 5.93. The summed E-state index contributed by atoms with van der Waals surface area (Å²) in [6.07, 6.45) is 1.04. The second kappa shape index (κ2) is 7.56. The molecule has 2 amide bonds. The zero-order valence-corrected chi connectivity index (χ0v) is 13.1. The van der Waals surface area contributed by atoms with Crippen molar-refractivity contribution in [1.82, 2.24) is 10.3 Å². The van der Waals surface area contributed by atoms with Gasteiger partial charge in [-0.2, -0.15) is 0 Å². The van der Waals surface area contributed by atoms with Gasteiger partial charge >= 0.3 is 6.09 Å². The van der Waals surface area contributed by atoms with E-state index in [1.807, 2.05) is 37.3 Å². The van der Waals surface area contributed by atoms with E-state index >= 15 is 0 Å². The molecule has 0 saturated heterocycles. The van der Waals surface area contributed by atoms with Crippen molar-refractivity contribution in [3.63, 3.8) is 0 Å². The number of amides is 2. The second-order valence-electron chi connectivity index (χ2n) is 4.69. The summed E-state index contributed by atoms with van der Waals surface area (Å²) in [4.78, 5) is 28.6. The summed E-state index contributed by atoms with van der Waals surface area (Å²) >= 11 is 1.37. The normalized spacial score (nSPS) is 11.5. The molecule has 2 rings (SSSR count). The standard InChI is InChI=1S/C15H17N3O3S/c1-10-8-16-14(22-10)18-13(19)11(2)17-15(20)21-9-12-6-4-3-5-7-12/h3-8,11H,9H2,1-2H3,(H,17,20)(H,16,18,19)/t11-/m1/s1. The van der Waals surface area contributed by atoms with Crippen molar-refractivity contribution >= 4 is 28.5 Å². The average molecular weight is 319 g/mol. The quantitative estimate of drug-likeness (QED) is 0.888. The van der Waals surface area contributed by atoms with E-state index in [0.29, 0.717) is 5.13 Å². The van der Waals surface area contributed by atoms with Gasteiger partial charge in [0.05, 0.1) is 0 Å². The van der Waals surface area contributed by atoms with Crippen molar-refractivity contribution in [3.05, 3.63) is 47.0 Å². The number of anilines is 1. The summed E-state index contributed by atoms with van der Waals surface area (Å²) in [6, 6.07) is 8.61. The molecule has 1 aromatic carbocycles. The molecule has 116 valence electrons. The van der Waals surface area contributed by atoms with Gasteiger partial charge in [0.25, 0.3) is 0 Å². The third-order valence-corrected chi connectivity index (χ3v) is 3.62. The lowest BCUT2D eigenvalue weighted by atomic mass is 10.2. The number of benzene rings is 1. The molecule has 1 heterocycles. The Morgan fingerprint density at radius 3 is 2.68 bits per heavy atom. The van der Waals surface area contributed by atoms with E-state index in [-0.39, 0.29) is 12.5 Å². The fraction of sp³-hybridized carbons (Fsp3) is 0.267. The molecule has 0 aliphatic heterocycles. The number of alkyl carbamates (subject to hydrolysis) is 1. The van der Waals surface area contributed by atoms with E-state index in [1.165, 1.54) is 11.3 Å². The Labute approximate surface area is 132 Å². The smallest absolute Gasteiger partial charge is 0.408 e. The largest absolute Gasteiger partial charge is 0.445 e. The van der Waals surface area contributed by atoms with Gasteiger partial charge in [-0.15, -0.1) is 11.3 Å². The first-order chi connectivity index (χ1) is 10.5. The van der Waals surface area contributed by atoms with Crippen LogP contribution in [0.5, 0.6) is 0 Å². The molecule has 7 heteroatoms. The number of hydrogen-bond donors (Lipinski definition) is 2. The predicted octanol–water partition coefficient (Wildman–Crippen LogP) is 2.70. The highest BCUT2D eigenvalue weighted by molar-refractivity contribution is 7.15. The number of ether oxygens (including phenoxy) is 1. The number of hydrogen-bond acceptors (Lipinski definition) is 5. The van der Waals surface area contributed by atoms with Crippen LogP contribution in [0.4, 0.5) is 9.93 Å². The van der Waals surface area contributed by atoms with Gasteiger partial charge in [0.15, 0.2) is 5.13 Å². The van der Waals surface area contributed by atoms with Crippen molar-refractivity contribution < 1.29 is 14.3 Å². The SMILES string of the molecule is Cc1cnc(NC(=O)[C@@H](C)NC(=O)OCc2ccccc2)s1. The molecule has 0 fully saturated rings. The monoisotopic (exact) mass is 319 g/mol. The van der Waals surface area contributed by atoms with Crippen LogP contribution in [0.15, 0.2) is 36.5 Å². The minimum atomic E-state index is -0.715. The van der Waals surface area contributed by atoms with Gasteiger partial charge in [-0.25, -0.2) is 9.78 Å². The molecule has 0 radical (unpaired) electrons. The minimum Gasteiger partial charge on any atom is -0.445 e. The number of aromatic nitrogens is 1. The Balaban J connectivity index is 1.76. The van der Waals surface area contributed by atoms with E-state index in [9.17, 15) is 9.59 Å². The van der Waals surface area contributed by atoms with Crippen LogP contribution in [-0.2, 0) is 16.1 Å². The van der Waals surface area contributed by atoms with E-state index < -0.39 is 12.1 Å². The van der Waals surface area contributed by atoms with Crippen LogP contribution in [-0.4, -0.2) is 23.0 Å². The van der Waals surface area contributed by atoms with E-state index in [4.69, 9.17) is 4.74 Å². The molecule has 22 heavy (non-hydrogen) atoms. The topological polar surface area (TPSA) is 80.3 Å². The van der Waals surface area contributed by atoms with Crippen molar-refractivity contribution in [2.75, 3.05) is 5.32 Å². The Morgan fingerprint density at radius 2 is 2.05 bits per heavy atom. The third-order valence-electron chi connectivity index (χ3n) is 2.79. The Morgan fingerprint density at radius 1 is 1.32 bits per heavy atom. The summed E-state index contributed by atoms with van der Waals surface area (Å²) in [5.41, 5.74) is 0.882. The van der Waals surface area contributed by atoms with Gasteiger partial charge in [-0.1, -0.05) is 30.3 Å². The minimum absolute atomic E-state index is 0.159. The number of aryl methyl sites for hydroxylation is 1. The highest BCUT2D eigenvalue weighted by Gasteiger charge is 2.17. The third kappa shape index (κ3) is 4.85. The maximum atomic E-state index is 11.9. The van der Waals surface area contributed by atoms with Crippen LogP contribution in [0.3, 0.4) is 0 Å². The molecular weight excluding hydrogens is 302 g/mol. The van der Waals surface area contributed by atoms with Crippen molar-refractivity contribution in [1.29, 1.82) is 0 Å². The highest BCUT2D eigenvalue weighted by atomic mass is 32.1. The zero-order chi connectivity index (χ0) is 15.9. The maximum absolute atomic E-state index is 11.9. The summed E-state index contributed by atoms with van der Waals surface area (Å²) in [7, 11) is 0. The molecule has 1 aromatic heterocycles. The molecule has 0 saturated carbocycles. The Bertz CT molecular complexity index is 642. The predicted molar refractivity (Wildman–Crippen MR) is 84.7 cm³/mol. The van der Waals surface area contributed by atoms with Gasteiger partial charge in [0.1, 0.15) is 12.6 Å². The molecule has 2 aromatic rings. The first-order valence-electron chi connectivity index (χ1n) is 6.75. The molecule has 0 spiro atoms. The van der Waals surface area contributed by atoms with Crippen LogP contribution in [0.25, 0.3) is 0 Å². The molecule has 1 atom stereocenters. The summed E-state index contributed by atoms with van der Waals surface area (Å²) in [5, 5.41) is 5.63. The first kappa shape index (κ1) is 16.0. The zero-order valence-electron chi connectivity index (χ0n) is 12.3. The van der Waals surface area contributed by atoms with E-state index in [0.717, 1.165) is 10.4 Å². The highest BCUT2D eigenvalue weighted by Crippen LogP contribution is 2.16. The molecule has 6 nitrogen and oxygen atoms in total. The van der Waals surface area contributed by atoms with Crippen LogP contribution >= 0.6 is 11.3 Å². The average Bonchev–Trinajstić information content (AvgIpc) is 2.91. The molecule has 0 unspecified atom stereocenters. The van der Waals surface area contributed by atoms with Gasteiger partial charge in [0, 0.05) is 11.1 Å². The van der Waals surface area contributed by atoms with Crippen LogP contribution in [0.1, 0.15) is 17.4 Å². The van der Waals surface area contributed by atoms with Crippen molar-refractivity contribution in [2.24, 2.45) is 0 Å². The van der Waals surface area contributed by atoms with Crippen LogP contribution in [0.2, 0.25) is 0 Å². The first-order valence-corrected chi connectivity index (χ1v) is 7.57. The van der Waals surface area contributed by atoms with Gasteiger partial charge in [-0.05, 0) is 19.4 Å². The summed E-state index contributed by atoms with van der Waals surface area (Å²) in [6.45, 7) is 3.64. The molecule has 0 aliphatic rings. The van der Waals surface area contributed by atoms with Crippen LogP contribution < -0.4 is 10.6 Å². The summed E-state index contributed by atoms with van der Waals surface area (Å²) < 4.78 is 5.06. The number of nitrogens with one attached hydrogen (secondary N) is 2. The van der Waals surface area contributed by atoms with Crippen molar-refractivity contribution in [3.8, 4) is 0 Å². The van der Waals surface area contributed by atoms with E-state index in [1.54, 1.807) is 13.1 Å². The van der Waals surface area contributed by atoms with Gasteiger partial charge < -0.3 is 15.4 Å². The number of thiazole rings is 1. The number of rotatable bonds is 5.